The lowest BCUT2D eigenvalue weighted by atomic mass is 10.2. The zero-order valence-corrected chi connectivity index (χ0v) is 15.8. The Bertz CT molecular complexity index is 952. The fourth-order valence-electron chi connectivity index (χ4n) is 3.00. The molecule has 2 heterocycles. The van der Waals surface area contributed by atoms with E-state index in [2.05, 4.69) is 32.9 Å². The molecule has 0 saturated heterocycles. The standard InChI is InChI=1S/C21H23N5O2/c1-22-21(23-10-17-7-8-19-20(9-17)28-15-27-19)24-11-18-12-25-26(14-18)13-16-5-3-2-4-6-16/h2-9,12,14H,10-11,13,15H2,1H3,(H2,22,23,24). The van der Waals surface area contributed by atoms with Crippen LogP contribution in [0.1, 0.15) is 16.7 Å². The normalized spacial score (nSPS) is 12.8. The number of nitrogens with one attached hydrogen (secondary N) is 2. The lowest BCUT2D eigenvalue weighted by molar-refractivity contribution is 0.174. The second kappa shape index (κ2) is 8.47. The summed E-state index contributed by atoms with van der Waals surface area (Å²) in [6, 6.07) is 16.2. The van der Waals surface area contributed by atoms with Gasteiger partial charge in [0.1, 0.15) is 0 Å². The molecule has 0 bridgehead atoms. The van der Waals surface area contributed by atoms with E-state index in [1.807, 2.05) is 53.5 Å². The van der Waals surface area contributed by atoms with Crippen molar-refractivity contribution in [2.75, 3.05) is 13.8 Å². The van der Waals surface area contributed by atoms with Crippen LogP contribution in [0.25, 0.3) is 0 Å². The number of aromatic nitrogens is 2. The van der Waals surface area contributed by atoms with Gasteiger partial charge < -0.3 is 20.1 Å². The number of nitrogens with zero attached hydrogens (tertiary/aromatic N) is 3. The first-order chi connectivity index (χ1) is 13.8. The summed E-state index contributed by atoms with van der Waals surface area (Å²) < 4.78 is 12.7. The van der Waals surface area contributed by atoms with Crippen LogP contribution < -0.4 is 20.1 Å². The van der Waals surface area contributed by atoms with Crippen molar-refractivity contribution >= 4 is 5.96 Å². The first-order valence-corrected chi connectivity index (χ1v) is 9.18. The Hall–Kier alpha value is -3.48. The van der Waals surface area contributed by atoms with Gasteiger partial charge in [-0.05, 0) is 23.3 Å². The molecular weight excluding hydrogens is 354 g/mol. The molecular formula is C21H23N5O2. The van der Waals surface area contributed by atoms with Crippen molar-refractivity contribution in [2.24, 2.45) is 4.99 Å². The minimum Gasteiger partial charge on any atom is -0.454 e. The Morgan fingerprint density at radius 2 is 1.79 bits per heavy atom. The fraction of sp³-hybridized carbons (Fsp3) is 0.238. The highest BCUT2D eigenvalue weighted by Gasteiger charge is 2.13. The fourth-order valence-corrected chi connectivity index (χ4v) is 3.00. The van der Waals surface area contributed by atoms with Crippen LogP contribution in [0.2, 0.25) is 0 Å². The van der Waals surface area contributed by atoms with Crippen LogP contribution in [0, 0.1) is 0 Å². The molecule has 7 heteroatoms. The Kier molecular flexibility index (Phi) is 5.42. The van der Waals surface area contributed by atoms with Crippen LogP contribution in [0.4, 0.5) is 0 Å². The van der Waals surface area contributed by atoms with Crippen molar-refractivity contribution in [1.29, 1.82) is 0 Å². The third-order valence-electron chi connectivity index (χ3n) is 4.45. The molecule has 0 aliphatic carbocycles. The average Bonchev–Trinajstić information content (AvgIpc) is 3.38. The maximum atomic E-state index is 5.42. The summed E-state index contributed by atoms with van der Waals surface area (Å²) in [6.45, 7) is 2.34. The van der Waals surface area contributed by atoms with Crippen molar-refractivity contribution in [3.8, 4) is 11.5 Å². The second-order valence-electron chi connectivity index (χ2n) is 6.50. The molecule has 144 valence electrons. The molecule has 28 heavy (non-hydrogen) atoms. The van der Waals surface area contributed by atoms with Gasteiger partial charge in [0.15, 0.2) is 17.5 Å². The predicted octanol–water partition coefficient (Wildman–Crippen LogP) is 2.53. The molecule has 0 fully saturated rings. The molecule has 4 rings (SSSR count). The van der Waals surface area contributed by atoms with Gasteiger partial charge in [-0.3, -0.25) is 9.67 Å². The van der Waals surface area contributed by atoms with Crippen molar-refractivity contribution in [1.82, 2.24) is 20.4 Å². The minimum atomic E-state index is 0.285. The van der Waals surface area contributed by atoms with Crippen molar-refractivity contribution in [3.63, 3.8) is 0 Å². The molecule has 3 aromatic rings. The Morgan fingerprint density at radius 3 is 2.61 bits per heavy atom. The van der Waals surface area contributed by atoms with Crippen molar-refractivity contribution in [2.45, 2.75) is 19.6 Å². The third-order valence-corrected chi connectivity index (χ3v) is 4.45. The number of ether oxygens (including phenoxy) is 2. The molecule has 7 nitrogen and oxygen atoms in total. The molecule has 0 amide bonds. The van der Waals surface area contributed by atoms with Gasteiger partial charge in [-0.25, -0.2) is 0 Å². The zero-order chi connectivity index (χ0) is 19.2. The molecule has 0 spiro atoms. The minimum absolute atomic E-state index is 0.285. The van der Waals surface area contributed by atoms with E-state index in [-0.39, 0.29) is 6.79 Å². The van der Waals surface area contributed by atoms with E-state index < -0.39 is 0 Å². The summed E-state index contributed by atoms with van der Waals surface area (Å²) in [4.78, 5) is 4.28. The van der Waals surface area contributed by atoms with Gasteiger partial charge in [0.2, 0.25) is 6.79 Å². The number of benzene rings is 2. The Morgan fingerprint density at radius 1 is 1.00 bits per heavy atom. The smallest absolute Gasteiger partial charge is 0.231 e. The van der Waals surface area contributed by atoms with Gasteiger partial charge in [-0.2, -0.15) is 5.10 Å². The summed E-state index contributed by atoms with van der Waals surface area (Å²) >= 11 is 0. The summed E-state index contributed by atoms with van der Waals surface area (Å²) in [5, 5.41) is 11.1. The Labute approximate surface area is 164 Å². The van der Waals surface area contributed by atoms with Crippen LogP contribution in [-0.2, 0) is 19.6 Å². The van der Waals surface area contributed by atoms with Gasteiger partial charge in [0.05, 0.1) is 12.7 Å². The molecule has 0 saturated carbocycles. The highest BCUT2D eigenvalue weighted by atomic mass is 16.7. The molecule has 1 aliphatic heterocycles. The molecule has 1 aliphatic rings. The molecule has 0 unspecified atom stereocenters. The monoisotopic (exact) mass is 377 g/mol. The van der Waals surface area contributed by atoms with E-state index in [4.69, 9.17) is 9.47 Å². The quantitative estimate of drug-likeness (QED) is 0.510. The topological polar surface area (TPSA) is 72.7 Å². The summed E-state index contributed by atoms with van der Waals surface area (Å²) in [5.41, 5.74) is 3.43. The predicted molar refractivity (Wildman–Crippen MR) is 107 cm³/mol. The maximum absolute atomic E-state index is 5.42. The van der Waals surface area contributed by atoms with Gasteiger partial charge in [-0.15, -0.1) is 0 Å². The largest absolute Gasteiger partial charge is 0.454 e. The zero-order valence-electron chi connectivity index (χ0n) is 15.8. The highest BCUT2D eigenvalue weighted by Crippen LogP contribution is 2.32. The van der Waals surface area contributed by atoms with Gasteiger partial charge in [0, 0.05) is 31.9 Å². The van der Waals surface area contributed by atoms with E-state index in [9.17, 15) is 0 Å². The van der Waals surface area contributed by atoms with Gasteiger partial charge >= 0.3 is 0 Å². The average molecular weight is 377 g/mol. The molecule has 1 aromatic heterocycles. The van der Waals surface area contributed by atoms with Crippen LogP contribution in [-0.4, -0.2) is 29.6 Å². The number of hydrogen-bond donors (Lipinski definition) is 2. The van der Waals surface area contributed by atoms with E-state index in [1.54, 1.807) is 7.05 Å². The first kappa shape index (κ1) is 17.9. The number of aliphatic imine (C=N–C) groups is 1. The van der Waals surface area contributed by atoms with Crippen LogP contribution >= 0.6 is 0 Å². The molecule has 2 aromatic carbocycles. The van der Waals surface area contributed by atoms with Crippen LogP contribution in [0.5, 0.6) is 11.5 Å². The summed E-state index contributed by atoms with van der Waals surface area (Å²) in [7, 11) is 1.76. The van der Waals surface area contributed by atoms with Gasteiger partial charge in [0.25, 0.3) is 0 Å². The molecule has 0 atom stereocenters. The van der Waals surface area contributed by atoms with Crippen molar-refractivity contribution in [3.05, 3.63) is 77.6 Å². The summed E-state index contributed by atoms with van der Waals surface area (Å²) in [5.74, 6) is 2.31. The molecule has 0 radical (unpaired) electrons. The van der Waals surface area contributed by atoms with Gasteiger partial charge in [-0.1, -0.05) is 36.4 Å². The number of rotatable bonds is 6. The first-order valence-electron chi connectivity index (χ1n) is 9.18. The Balaban J connectivity index is 1.27. The van der Waals surface area contributed by atoms with E-state index in [0.29, 0.717) is 13.1 Å². The third kappa shape index (κ3) is 4.43. The maximum Gasteiger partial charge on any atom is 0.231 e. The lowest BCUT2D eigenvalue weighted by Crippen LogP contribution is -2.36. The second-order valence-corrected chi connectivity index (χ2v) is 6.50. The number of guanidine groups is 1. The van der Waals surface area contributed by atoms with Crippen molar-refractivity contribution < 1.29 is 9.47 Å². The van der Waals surface area contributed by atoms with E-state index >= 15 is 0 Å². The van der Waals surface area contributed by atoms with E-state index in [0.717, 1.165) is 35.1 Å². The number of fused-ring (bicyclic) bond motifs is 1. The van der Waals surface area contributed by atoms with Crippen LogP contribution in [0.15, 0.2) is 65.9 Å². The lowest BCUT2D eigenvalue weighted by Gasteiger charge is -2.11. The van der Waals surface area contributed by atoms with E-state index in [1.165, 1.54) is 5.56 Å². The number of hydrogen-bond acceptors (Lipinski definition) is 4. The molecule has 2 N–H and O–H groups in total. The van der Waals surface area contributed by atoms with Crippen LogP contribution in [0.3, 0.4) is 0 Å². The summed E-state index contributed by atoms with van der Waals surface area (Å²) in [6.07, 6.45) is 3.92. The highest BCUT2D eigenvalue weighted by molar-refractivity contribution is 5.79. The SMILES string of the molecule is CN=C(NCc1ccc2c(c1)OCO2)NCc1cnn(Cc2ccccc2)c1.